The second-order valence-electron chi connectivity index (χ2n) is 4.69. The number of amides is 2. The number of aromatic nitrogens is 1. The van der Waals surface area contributed by atoms with Crippen molar-refractivity contribution < 1.29 is 9.59 Å². The average Bonchev–Trinajstić information content (AvgIpc) is 2.75. The predicted octanol–water partition coefficient (Wildman–Crippen LogP) is 2.65. The molecule has 21 heavy (non-hydrogen) atoms. The summed E-state index contributed by atoms with van der Waals surface area (Å²) in [6, 6.07) is 6.83. The molecule has 0 unspecified atom stereocenters. The van der Waals surface area contributed by atoms with Crippen LogP contribution < -0.4 is 10.6 Å². The number of thiazole rings is 1. The zero-order valence-electron chi connectivity index (χ0n) is 12.2. The first-order valence-electron chi connectivity index (χ1n) is 6.54. The van der Waals surface area contributed by atoms with Gasteiger partial charge in [-0.2, -0.15) is 0 Å². The molecule has 0 fully saturated rings. The van der Waals surface area contributed by atoms with E-state index in [0.29, 0.717) is 17.8 Å². The van der Waals surface area contributed by atoms with Gasteiger partial charge in [0.15, 0.2) is 0 Å². The van der Waals surface area contributed by atoms with Crippen LogP contribution in [0.4, 0.5) is 5.69 Å². The van der Waals surface area contributed by atoms with Crippen molar-refractivity contribution in [1.82, 2.24) is 10.3 Å². The van der Waals surface area contributed by atoms with Crippen LogP contribution in [0, 0.1) is 13.8 Å². The molecule has 0 bridgehead atoms. The van der Waals surface area contributed by atoms with Crippen molar-refractivity contribution in [1.29, 1.82) is 0 Å². The maximum absolute atomic E-state index is 12.1. The Bertz CT molecular complexity index is 660. The van der Waals surface area contributed by atoms with Crippen LogP contribution in [0.15, 0.2) is 24.3 Å². The van der Waals surface area contributed by atoms with Crippen molar-refractivity contribution in [3.63, 3.8) is 0 Å². The molecule has 1 aromatic heterocycles. The van der Waals surface area contributed by atoms with E-state index in [-0.39, 0.29) is 11.8 Å². The molecule has 2 amide bonds. The molecular formula is C15H17N3O2S. The second-order valence-corrected chi connectivity index (χ2v) is 5.98. The minimum absolute atomic E-state index is 0.165. The van der Waals surface area contributed by atoms with E-state index in [1.807, 2.05) is 13.8 Å². The van der Waals surface area contributed by atoms with Gasteiger partial charge >= 0.3 is 0 Å². The summed E-state index contributed by atoms with van der Waals surface area (Å²) < 4.78 is 0. The summed E-state index contributed by atoms with van der Waals surface area (Å²) in [5.41, 5.74) is 2.11. The molecule has 6 heteroatoms. The number of hydrogen-bond donors (Lipinski definition) is 2. The van der Waals surface area contributed by atoms with E-state index in [1.165, 1.54) is 6.92 Å². The molecule has 2 N–H and O–H groups in total. The first-order chi connectivity index (χ1) is 9.95. The van der Waals surface area contributed by atoms with E-state index in [2.05, 4.69) is 15.6 Å². The van der Waals surface area contributed by atoms with Crippen molar-refractivity contribution in [3.8, 4) is 0 Å². The van der Waals surface area contributed by atoms with E-state index in [9.17, 15) is 9.59 Å². The Morgan fingerprint density at radius 3 is 2.67 bits per heavy atom. The Balaban J connectivity index is 2.01. The summed E-state index contributed by atoms with van der Waals surface area (Å²) in [5, 5.41) is 6.37. The van der Waals surface area contributed by atoms with Crippen molar-refractivity contribution in [2.75, 3.05) is 5.32 Å². The molecule has 5 nitrogen and oxygen atoms in total. The minimum atomic E-state index is -0.187. The van der Waals surface area contributed by atoms with E-state index in [1.54, 1.807) is 35.6 Å². The highest BCUT2D eigenvalue weighted by Crippen LogP contribution is 2.16. The lowest BCUT2D eigenvalue weighted by atomic mass is 10.2. The molecule has 2 aromatic rings. The van der Waals surface area contributed by atoms with E-state index < -0.39 is 0 Å². The van der Waals surface area contributed by atoms with Gasteiger partial charge in [-0.1, -0.05) is 6.07 Å². The van der Waals surface area contributed by atoms with Gasteiger partial charge in [0.2, 0.25) is 5.91 Å². The Morgan fingerprint density at radius 2 is 2.05 bits per heavy atom. The summed E-state index contributed by atoms with van der Waals surface area (Å²) in [6.07, 6.45) is 0. The van der Waals surface area contributed by atoms with Crippen molar-refractivity contribution >= 4 is 28.8 Å². The van der Waals surface area contributed by atoms with Gasteiger partial charge in [-0.3, -0.25) is 9.59 Å². The molecule has 110 valence electrons. The van der Waals surface area contributed by atoms with Gasteiger partial charge in [-0.05, 0) is 32.0 Å². The van der Waals surface area contributed by atoms with Crippen LogP contribution in [0.1, 0.15) is 32.9 Å². The van der Waals surface area contributed by atoms with Crippen LogP contribution in [0.3, 0.4) is 0 Å². The van der Waals surface area contributed by atoms with Gasteiger partial charge in [0, 0.05) is 23.1 Å². The highest BCUT2D eigenvalue weighted by molar-refractivity contribution is 7.11. The monoisotopic (exact) mass is 303 g/mol. The molecule has 0 radical (unpaired) electrons. The third kappa shape index (κ3) is 4.13. The Kier molecular flexibility index (Phi) is 4.70. The maximum Gasteiger partial charge on any atom is 0.251 e. The lowest BCUT2D eigenvalue weighted by Gasteiger charge is -2.06. The molecule has 0 aliphatic heterocycles. The summed E-state index contributed by atoms with van der Waals surface area (Å²) >= 11 is 1.58. The molecule has 0 saturated carbocycles. The third-order valence-electron chi connectivity index (χ3n) is 2.92. The number of anilines is 1. The molecular weight excluding hydrogens is 286 g/mol. The van der Waals surface area contributed by atoms with E-state index in [4.69, 9.17) is 0 Å². The summed E-state index contributed by atoms with van der Waals surface area (Å²) in [7, 11) is 0. The van der Waals surface area contributed by atoms with Gasteiger partial charge in [-0.25, -0.2) is 4.98 Å². The number of nitrogens with zero attached hydrogens (tertiary/aromatic N) is 1. The molecule has 0 aliphatic carbocycles. The van der Waals surface area contributed by atoms with Gasteiger partial charge in [0.05, 0.1) is 12.2 Å². The summed E-state index contributed by atoms with van der Waals surface area (Å²) in [5.74, 6) is -0.353. The molecule has 1 heterocycles. The molecule has 2 rings (SSSR count). The number of carbonyl (C=O) groups excluding carboxylic acids is 2. The number of aryl methyl sites for hydroxylation is 2. The zero-order chi connectivity index (χ0) is 15.4. The normalized spacial score (nSPS) is 10.2. The van der Waals surface area contributed by atoms with Crippen LogP contribution in [0.2, 0.25) is 0 Å². The number of carbonyl (C=O) groups is 2. The lowest BCUT2D eigenvalue weighted by Crippen LogP contribution is -2.22. The van der Waals surface area contributed by atoms with E-state index >= 15 is 0 Å². The van der Waals surface area contributed by atoms with Gasteiger partial charge in [0.25, 0.3) is 5.91 Å². The quantitative estimate of drug-likeness (QED) is 0.912. The fourth-order valence-corrected chi connectivity index (χ4v) is 2.69. The molecule has 1 aromatic carbocycles. The Hall–Kier alpha value is -2.21. The van der Waals surface area contributed by atoms with Crippen LogP contribution in [0.25, 0.3) is 0 Å². The lowest BCUT2D eigenvalue weighted by molar-refractivity contribution is -0.114. The van der Waals surface area contributed by atoms with Gasteiger partial charge in [0.1, 0.15) is 5.01 Å². The third-order valence-corrected chi connectivity index (χ3v) is 3.99. The minimum Gasteiger partial charge on any atom is -0.346 e. The van der Waals surface area contributed by atoms with Crippen LogP contribution in [0.5, 0.6) is 0 Å². The van der Waals surface area contributed by atoms with Crippen LogP contribution in [-0.4, -0.2) is 16.8 Å². The number of hydrogen-bond acceptors (Lipinski definition) is 4. The molecule has 0 atom stereocenters. The highest BCUT2D eigenvalue weighted by Gasteiger charge is 2.09. The zero-order valence-corrected chi connectivity index (χ0v) is 13.0. The average molecular weight is 303 g/mol. The first kappa shape index (κ1) is 15.2. The molecule has 0 aliphatic rings. The predicted molar refractivity (Wildman–Crippen MR) is 83.5 cm³/mol. The first-order valence-corrected chi connectivity index (χ1v) is 7.36. The van der Waals surface area contributed by atoms with E-state index in [0.717, 1.165) is 15.6 Å². The highest BCUT2D eigenvalue weighted by atomic mass is 32.1. The standard InChI is InChI=1S/C15H17N3O2S/c1-9-10(2)21-14(17-9)8-16-15(20)12-5-4-6-13(7-12)18-11(3)19/h4-7H,8H2,1-3H3,(H,16,20)(H,18,19). The van der Waals surface area contributed by atoms with Crippen LogP contribution >= 0.6 is 11.3 Å². The molecule has 0 saturated heterocycles. The topological polar surface area (TPSA) is 71.1 Å². The Morgan fingerprint density at radius 1 is 1.29 bits per heavy atom. The summed E-state index contributed by atoms with van der Waals surface area (Å²) in [6.45, 7) is 5.80. The van der Waals surface area contributed by atoms with Crippen molar-refractivity contribution in [2.24, 2.45) is 0 Å². The Labute approximate surface area is 127 Å². The number of benzene rings is 1. The molecule has 0 spiro atoms. The fraction of sp³-hybridized carbons (Fsp3) is 0.267. The number of nitrogens with one attached hydrogen (secondary N) is 2. The smallest absolute Gasteiger partial charge is 0.251 e. The fourth-order valence-electron chi connectivity index (χ4n) is 1.81. The summed E-state index contributed by atoms with van der Waals surface area (Å²) in [4.78, 5) is 28.7. The van der Waals surface area contributed by atoms with Crippen molar-refractivity contribution in [3.05, 3.63) is 45.4 Å². The number of rotatable bonds is 4. The largest absolute Gasteiger partial charge is 0.346 e. The van der Waals surface area contributed by atoms with Gasteiger partial charge < -0.3 is 10.6 Å². The van der Waals surface area contributed by atoms with Crippen molar-refractivity contribution in [2.45, 2.75) is 27.3 Å². The SMILES string of the molecule is CC(=O)Nc1cccc(C(=O)NCc2nc(C)c(C)s2)c1. The second kappa shape index (κ2) is 6.49. The van der Waals surface area contributed by atoms with Crippen LogP contribution in [-0.2, 0) is 11.3 Å². The maximum atomic E-state index is 12.1. The van der Waals surface area contributed by atoms with Gasteiger partial charge in [-0.15, -0.1) is 11.3 Å².